The first-order chi connectivity index (χ1) is 11.2. The summed E-state index contributed by atoms with van der Waals surface area (Å²) < 4.78 is 23.6. The summed E-state index contributed by atoms with van der Waals surface area (Å²) in [6.45, 7) is 3.29. The van der Waals surface area contributed by atoms with Crippen molar-refractivity contribution in [3.05, 3.63) is 59.4 Å². The summed E-state index contributed by atoms with van der Waals surface area (Å²) in [6, 6.07) is 11.7. The van der Waals surface area contributed by atoms with E-state index in [4.69, 9.17) is 9.47 Å². The number of amides is 1. The first-order valence-corrected chi connectivity index (χ1v) is 7.56. The van der Waals surface area contributed by atoms with Gasteiger partial charge < -0.3 is 14.4 Å². The van der Waals surface area contributed by atoms with Crippen LogP contribution >= 0.6 is 0 Å². The van der Waals surface area contributed by atoms with E-state index in [-0.39, 0.29) is 24.9 Å². The molecule has 4 nitrogen and oxygen atoms in total. The highest BCUT2D eigenvalue weighted by atomic mass is 19.1. The summed E-state index contributed by atoms with van der Waals surface area (Å²) in [5.74, 6) is 1.16. The van der Waals surface area contributed by atoms with Crippen LogP contribution in [0.15, 0.2) is 42.5 Å². The molecule has 23 heavy (non-hydrogen) atoms. The number of nitrogens with zero attached hydrogens (tertiary/aromatic N) is 1. The molecule has 0 fully saturated rings. The van der Waals surface area contributed by atoms with Crippen LogP contribution in [0.2, 0.25) is 0 Å². The average Bonchev–Trinajstić information content (AvgIpc) is 3.02. The fourth-order valence-corrected chi connectivity index (χ4v) is 2.52. The second-order valence-corrected chi connectivity index (χ2v) is 5.40. The molecule has 1 heterocycles. The van der Waals surface area contributed by atoms with Gasteiger partial charge in [0.1, 0.15) is 5.82 Å². The standard InChI is InChI=1S/C18H18FNO3/c1-2-20(18(21)10-13-3-6-15(19)7-4-13)11-14-5-8-16-17(9-14)23-12-22-16/h3-9H,2,10-12H2,1H3. The van der Waals surface area contributed by atoms with Crippen LogP contribution in [0.1, 0.15) is 18.1 Å². The van der Waals surface area contributed by atoms with Gasteiger partial charge in [-0.3, -0.25) is 4.79 Å². The average molecular weight is 315 g/mol. The molecule has 0 saturated carbocycles. The van der Waals surface area contributed by atoms with Crippen molar-refractivity contribution in [2.45, 2.75) is 19.9 Å². The molecule has 3 rings (SSSR count). The van der Waals surface area contributed by atoms with Crippen molar-refractivity contribution < 1.29 is 18.7 Å². The van der Waals surface area contributed by atoms with Gasteiger partial charge in [0.25, 0.3) is 0 Å². The highest BCUT2D eigenvalue weighted by molar-refractivity contribution is 5.78. The van der Waals surface area contributed by atoms with Gasteiger partial charge in [-0.1, -0.05) is 18.2 Å². The molecule has 0 aliphatic carbocycles. The summed E-state index contributed by atoms with van der Waals surface area (Å²) in [7, 11) is 0. The zero-order valence-corrected chi connectivity index (χ0v) is 12.9. The molecule has 0 N–H and O–H groups in total. The zero-order chi connectivity index (χ0) is 16.2. The van der Waals surface area contributed by atoms with Crippen LogP contribution in [0.25, 0.3) is 0 Å². The molecule has 0 unspecified atom stereocenters. The Kier molecular flexibility index (Phi) is 4.46. The molecule has 0 radical (unpaired) electrons. The van der Waals surface area contributed by atoms with Gasteiger partial charge >= 0.3 is 0 Å². The number of likely N-dealkylation sites (N-methyl/N-ethyl adjacent to an activating group) is 1. The number of ether oxygens (including phenoxy) is 2. The van der Waals surface area contributed by atoms with Gasteiger partial charge in [0.05, 0.1) is 6.42 Å². The summed E-state index contributed by atoms with van der Waals surface area (Å²) in [4.78, 5) is 14.2. The van der Waals surface area contributed by atoms with E-state index in [1.165, 1.54) is 12.1 Å². The second kappa shape index (κ2) is 6.69. The topological polar surface area (TPSA) is 38.8 Å². The fraction of sp³-hybridized carbons (Fsp3) is 0.278. The van der Waals surface area contributed by atoms with Gasteiger partial charge in [-0.05, 0) is 42.3 Å². The number of carbonyl (C=O) groups is 1. The van der Waals surface area contributed by atoms with Crippen molar-refractivity contribution >= 4 is 5.91 Å². The lowest BCUT2D eigenvalue weighted by molar-refractivity contribution is -0.130. The molecule has 2 aromatic carbocycles. The van der Waals surface area contributed by atoms with Crippen molar-refractivity contribution in [3.63, 3.8) is 0 Å². The van der Waals surface area contributed by atoms with Crippen molar-refractivity contribution in [2.24, 2.45) is 0 Å². The van der Waals surface area contributed by atoms with Gasteiger partial charge in [-0.15, -0.1) is 0 Å². The highest BCUT2D eigenvalue weighted by Gasteiger charge is 2.17. The molecular weight excluding hydrogens is 297 g/mol. The van der Waals surface area contributed by atoms with Crippen LogP contribution in [0.3, 0.4) is 0 Å². The molecule has 0 saturated heterocycles. The maximum Gasteiger partial charge on any atom is 0.231 e. The van der Waals surface area contributed by atoms with E-state index in [9.17, 15) is 9.18 Å². The van der Waals surface area contributed by atoms with E-state index >= 15 is 0 Å². The Morgan fingerprint density at radius 3 is 2.52 bits per heavy atom. The lowest BCUT2D eigenvalue weighted by Crippen LogP contribution is -2.31. The van der Waals surface area contributed by atoms with E-state index < -0.39 is 0 Å². The monoisotopic (exact) mass is 315 g/mol. The normalized spacial score (nSPS) is 12.3. The minimum Gasteiger partial charge on any atom is -0.454 e. The van der Waals surface area contributed by atoms with Crippen molar-refractivity contribution in [1.29, 1.82) is 0 Å². The number of fused-ring (bicyclic) bond motifs is 1. The first kappa shape index (κ1) is 15.3. The van der Waals surface area contributed by atoms with Gasteiger partial charge in [0.15, 0.2) is 11.5 Å². The van der Waals surface area contributed by atoms with Gasteiger partial charge in [-0.25, -0.2) is 4.39 Å². The third-order valence-corrected chi connectivity index (χ3v) is 3.81. The molecule has 1 aliphatic heterocycles. The molecule has 0 aromatic heterocycles. The summed E-state index contributed by atoms with van der Waals surface area (Å²) in [5, 5.41) is 0. The van der Waals surface area contributed by atoms with E-state index in [1.807, 2.05) is 25.1 Å². The first-order valence-electron chi connectivity index (χ1n) is 7.56. The fourth-order valence-electron chi connectivity index (χ4n) is 2.52. The molecule has 1 aliphatic rings. The second-order valence-electron chi connectivity index (χ2n) is 5.40. The molecule has 0 spiro atoms. The van der Waals surface area contributed by atoms with E-state index in [0.29, 0.717) is 18.8 Å². The molecule has 2 aromatic rings. The number of carbonyl (C=O) groups excluding carboxylic acids is 1. The lowest BCUT2D eigenvalue weighted by atomic mass is 10.1. The zero-order valence-electron chi connectivity index (χ0n) is 12.9. The van der Waals surface area contributed by atoms with Crippen molar-refractivity contribution in [2.75, 3.05) is 13.3 Å². The van der Waals surface area contributed by atoms with Crippen LogP contribution in [0.5, 0.6) is 11.5 Å². The third kappa shape index (κ3) is 3.62. The predicted octanol–water partition coefficient (Wildman–Crippen LogP) is 3.15. The molecule has 5 heteroatoms. The van der Waals surface area contributed by atoms with Crippen LogP contribution in [-0.4, -0.2) is 24.1 Å². The quantitative estimate of drug-likeness (QED) is 0.851. The van der Waals surface area contributed by atoms with Crippen LogP contribution in [0, 0.1) is 5.82 Å². The molecule has 1 amide bonds. The number of hydrogen-bond donors (Lipinski definition) is 0. The third-order valence-electron chi connectivity index (χ3n) is 3.81. The Bertz CT molecular complexity index is 700. The maximum absolute atomic E-state index is 12.9. The Labute approximate surface area is 134 Å². The number of halogens is 1. The van der Waals surface area contributed by atoms with Crippen molar-refractivity contribution in [1.82, 2.24) is 4.90 Å². The highest BCUT2D eigenvalue weighted by Crippen LogP contribution is 2.32. The number of hydrogen-bond acceptors (Lipinski definition) is 3. The van der Waals surface area contributed by atoms with Gasteiger partial charge in [0.2, 0.25) is 12.7 Å². The predicted molar refractivity (Wildman–Crippen MR) is 83.8 cm³/mol. The largest absolute Gasteiger partial charge is 0.454 e. The Morgan fingerprint density at radius 2 is 1.78 bits per heavy atom. The number of rotatable bonds is 5. The van der Waals surface area contributed by atoms with Crippen LogP contribution in [-0.2, 0) is 17.8 Å². The van der Waals surface area contributed by atoms with E-state index in [2.05, 4.69) is 0 Å². The Hall–Kier alpha value is -2.56. The smallest absolute Gasteiger partial charge is 0.231 e. The Morgan fingerprint density at radius 1 is 1.09 bits per heavy atom. The van der Waals surface area contributed by atoms with Crippen LogP contribution in [0.4, 0.5) is 4.39 Å². The summed E-state index contributed by atoms with van der Waals surface area (Å²) >= 11 is 0. The molecule has 0 bridgehead atoms. The Balaban J connectivity index is 1.67. The molecule has 0 atom stereocenters. The SMILES string of the molecule is CCN(Cc1ccc2c(c1)OCO2)C(=O)Cc1ccc(F)cc1. The van der Waals surface area contributed by atoms with Crippen molar-refractivity contribution in [3.8, 4) is 11.5 Å². The maximum atomic E-state index is 12.9. The molecular formula is C18H18FNO3. The van der Waals surface area contributed by atoms with E-state index in [1.54, 1.807) is 17.0 Å². The summed E-state index contributed by atoms with van der Waals surface area (Å²) in [5.41, 5.74) is 1.80. The van der Waals surface area contributed by atoms with Gasteiger partial charge in [-0.2, -0.15) is 0 Å². The van der Waals surface area contributed by atoms with E-state index in [0.717, 1.165) is 16.9 Å². The minimum atomic E-state index is -0.297. The lowest BCUT2D eigenvalue weighted by Gasteiger charge is -2.21. The van der Waals surface area contributed by atoms with Gasteiger partial charge in [0, 0.05) is 13.1 Å². The number of benzene rings is 2. The van der Waals surface area contributed by atoms with Crippen LogP contribution < -0.4 is 9.47 Å². The minimum absolute atomic E-state index is 0.0109. The molecule has 120 valence electrons. The summed E-state index contributed by atoms with van der Waals surface area (Å²) in [6.07, 6.45) is 0.263.